The van der Waals surface area contributed by atoms with Crippen molar-refractivity contribution in [3.8, 4) is 18.1 Å². The van der Waals surface area contributed by atoms with Gasteiger partial charge in [-0.25, -0.2) is 0 Å². The van der Waals surface area contributed by atoms with Crippen molar-refractivity contribution < 1.29 is 4.74 Å². The number of benzene rings is 1. The van der Waals surface area contributed by atoms with Crippen LogP contribution in [0.15, 0.2) is 40.9 Å². The molecule has 0 bridgehead atoms. The number of ether oxygens (including phenoxy) is 1. The molecule has 1 aromatic carbocycles. The summed E-state index contributed by atoms with van der Waals surface area (Å²) >= 11 is 0. The van der Waals surface area contributed by atoms with Gasteiger partial charge in [0.15, 0.2) is 0 Å². The topological polar surface area (TPSA) is 21.6 Å². The number of hydrogen-bond donors (Lipinski definition) is 0. The second-order valence-corrected chi connectivity index (χ2v) is 3.56. The van der Waals surface area contributed by atoms with Crippen LogP contribution in [-0.2, 0) is 0 Å². The summed E-state index contributed by atoms with van der Waals surface area (Å²) in [6, 6.07) is 7.56. The van der Waals surface area contributed by atoms with Crippen molar-refractivity contribution in [1.82, 2.24) is 0 Å². The van der Waals surface area contributed by atoms with Gasteiger partial charge in [0.05, 0.1) is 12.8 Å². The van der Waals surface area contributed by atoms with Gasteiger partial charge in [-0.1, -0.05) is 19.3 Å². The number of hydrogen-bond acceptors (Lipinski definition) is 2. The van der Waals surface area contributed by atoms with Gasteiger partial charge in [0, 0.05) is 11.8 Å². The van der Waals surface area contributed by atoms with Gasteiger partial charge in [0.2, 0.25) is 0 Å². The first-order valence-corrected chi connectivity index (χ1v) is 5.64. The molecule has 0 aliphatic rings. The van der Waals surface area contributed by atoms with Gasteiger partial charge in [-0.3, -0.25) is 4.99 Å². The van der Waals surface area contributed by atoms with Crippen molar-refractivity contribution in [2.75, 3.05) is 7.11 Å². The van der Waals surface area contributed by atoms with Crippen molar-refractivity contribution >= 4 is 11.9 Å². The lowest BCUT2D eigenvalue weighted by Gasteiger charge is -1.98. The summed E-state index contributed by atoms with van der Waals surface area (Å²) in [7, 11) is 1.64. The van der Waals surface area contributed by atoms with Crippen LogP contribution in [0.1, 0.15) is 19.8 Å². The first kappa shape index (κ1) is 13.1. The fourth-order valence-corrected chi connectivity index (χ4v) is 1.35. The maximum atomic E-state index is 5.38. The molecule has 2 nitrogen and oxygen atoms in total. The smallest absolute Gasteiger partial charge is 0.119 e. The molecule has 0 radical (unpaired) electrons. The Labute approximate surface area is 103 Å². The van der Waals surface area contributed by atoms with Crippen molar-refractivity contribution in [3.05, 3.63) is 35.9 Å². The van der Waals surface area contributed by atoms with Crippen LogP contribution in [0.2, 0.25) is 0 Å². The summed E-state index contributed by atoms with van der Waals surface area (Å²) in [4.78, 5) is 4.30. The van der Waals surface area contributed by atoms with E-state index in [9.17, 15) is 0 Å². The maximum absolute atomic E-state index is 5.38. The van der Waals surface area contributed by atoms with E-state index in [1.165, 1.54) is 0 Å². The second-order valence-electron chi connectivity index (χ2n) is 3.56. The Bertz CT molecular complexity index is 435. The van der Waals surface area contributed by atoms with Crippen molar-refractivity contribution in [2.24, 2.45) is 4.99 Å². The highest BCUT2D eigenvalue weighted by molar-refractivity contribution is 5.76. The minimum Gasteiger partial charge on any atom is -0.497 e. The molecule has 1 rings (SSSR count). The predicted molar refractivity (Wildman–Crippen MR) is 73.0 cm³/mol. The zero-order valence-corrected chi connectivity index (χ0v) is 10.3. The average Bonchev–Trinajstić information content (AvgIpc) is 2.38. The molecular weight excluding hydrogens is 210 g/mol. The van der Waals surface area contributed by atoms with Gasteiger partial charge >= 0.3 is 0 Å². The molecule has 1 aromatic rings. The molecule has 0 aliphatic heterocycles. The molecule has 0 aliphatic carbocycles. The van der Waals surface area contributed by atoms with Gasteiger partial charge in [0.25, 0.3) is 0 Å². The minimum atomic E-state index is 0.829. The molecule has 0 atom stereocenters. The molecule has 0 amide bonds. The minimum absolute atomic E-state index is 0.829. The summed E-state index contributed by atoms with van der Waals surface area (Å²) in [5, 5.41) is 0. The number of allylic oxidation sites excluding steroid dienone is 2. The Morgan fingerprint density at radius 2 is 2.12 bits per heavy atom. The van der Waals surface area contributed by atoms with Gasteiger partial charge < -0.3 is 4.74 Å². The van der Waals surface area contributed by atoms with Crippen LogP contribution in [0, 0.1) is 12.3 Å². The predicted octanol–water partition coefficient (Wildman–Crippen LogP) is 3.76. The van der Waals surface area contributed by atoms with Gasteiger partial charge in [-0.05, 0) is 36.8 Å². The molecule has 2 heteroatoms. The molecule has 17 heavy (non-hydrogen) atoms. The van der Waals surface area contributed by atoms with Gasteiger partial charge in [-0.2, -0.15) is 0 Å². The van der Waals surface area contributed by atoms with Crippen LogP contribution >= 0.6 is 0 Å². The lowest BCUT2D eigenvalue weighted by atomic mass is 10.1. The van der Waals surface area contributed by atoms with Crippen molar-refractivity contribution in [1.29, 1.82) is 0 Å². The fourth-order valence-electron chi connectivity index (χ4n) is 1.35. The SMILES string of the molecule is C#C/C(=C/C=Nc1ccc(OC)cc1)CCC. The van der Waals surface area contributed by atoms with Crippen LogP contribution in [-0.4, -0.2) is 13.3 Å². The number of methoxy groups -OCH3 is 1. The summed E-state index contributed by atoms with van der Waals surface area (Å²) in [6.45, 7) is 2.10. The van der Waals surface area contributed by atoms with Crippen LogP contribution in [0.5, 0.6) is 5.75 Å². The van der Waals surface area contributed by atoms with E-state index in [4.69, 9.17) is 11.2 Å². The van der Waals surface area contributed by atoms with E-state index < -0.39 is 0 Å². The highest BCUT2D eigenvalue weighted by Gasteiger charge is 1.91. The van der Waals surface area contributed by atoms with Crippen LogP contribution < -0.4 is 4.74 Å². The molecule has 0 spiro atoms. The largest absolute Gasteiger partial charge is 0.497 e. The number of rotatable bonds is 5. The molecule has 0 unspecified atom stereocenters. The third kappa shape index (κ3) is 4.56. The summed E-state index contributed by atoms with van der Waals surface area (Å²) in [5.74, 6) is 3.49. The Kier molecular flexibility index (Phi) is 5.60. The molecule has 0 saturated heterocycles. The molecule has 0 aromatic heterocycles. The third-order valence-electron chi connectivity index (χ3n) is 2.28. The highest BCUT2D eigenvalue weighted by Crippen LogP contribution is 2.17. The van der Waals surface area contributed by atoms with Gasteiger partial charge in [0.1, 0.15) is 5.75 Å². The quantitative estimate of drug-likeness (QED) is 0.554. The van der Waals surface area contributed by atoms with E-state index in [-0.39, 0.29) is 0 Å². The van der Waals surface area contributed by atoms with E-state index >= 15 is 0 Å². The first-order valence-electron chi connectivity index (χ1n) is 5.64. The Hall–Kier alpha value is -2.01. The van der Waals surface area contributed by atoms with E-state index in [1.54, 1.807) is 13.3 Å². The Morgan fingerprint density at radius 1 is 1.41 bits per heavy atom. The first-order chi connectivity index (χ1) is 8.30. The molecular formula is C15H17NO. The van der Waals surface area contributed by atoms with Crippen molar-refractivity contribution in [3.63, 3.8) is 0 Å². The Balaban J connectivity index is 2.67. The van der Waals surface area contributed by atoms with E-state index in [0.29, 0.717) is 0 Å². The van der Waals surface area contributed by atoms with E-state index in [0.717, 1.165) is 29.9 Å². The zero-order chi connectivity index (χ0) is 12.5. The lowest BCUT2D eigenvalue weighted by Crippen LogP contribution is -1.80. The monoisotopic (exact) mass is 227 g/mol. The lowest BCUT2D eigenvalue weighted by molar-refractivity contribution is 0.415. The number of terminal acetylenes is 1. The molecule has 0 saturated carbocycles. The Morgan fingerprint density at radius 3 is 2.65 bits per heavy atom. The van der Waals surface area contributed by atoms with Crippen LogP contribution in [0.4, 0.5) is 5.69 Å². The molecule has 0 heterocycles. The summed E-state index contributed by atoms with van der Waals surface area (Å²) < 4.78 is 5.07. The van der Waals surface area contributed by atoms with Gasteiger partial charge in [-0.15, -0.1) is 6.42 Å². The maximum Gasteiger partial charge on any atom is 0.119 e. The fraction of sp³-hybridized carbons (Fsp3) is 0.267. The van der Waals surface area contributed by atoms with E-state index in [1.807, 2.05) is 30.3 Å². The summed E-state index contributed by atoms with van der Waals surface area (Å²) in [5.41, 5.74) is 1.86. The summed E-state index contributed by atoms with van der Waals surface area (Å²) in [6.07, 6.45) is 11.0. The molecule has 88 valence electrons. The standard InChI is InChI=1S/C15H17NO/c1-4-6-13(5-2)11-12-16-14-7-9-15(17-3)10-8-14/h2,7-12H,4,6H2,1,3H3/b13-11-,16-12?. The third-order valence-corrected chi connectivity index (χ3v) is 2.28. The number of nitrogens with zero attached hydrogens (tertiary/aromatic N) is 1. The van der Waals surface area contributed by atoms with E-state index in [2.05, 4.69) is 17.8 Å². The van der Waals surface area contributed by atoms with Crippen LogP contribution in [0.3, 0.4) is 0 Å². The second kappa shape index (κ2) is 7.29. The number of aliphatic imine (C=N–C) groups is 1. The normalized spacial score (nSPS) is 11.5. The molecule has 0 fully saturated rings. The zero-order valence-electron chi connectivity index (χ0n) is 10.3. The average molecular weight is 227 g/mol. The van der Waals surface area contributed by atoms with Crippen LogP contribution in [0.25, 0.3) is 0 Å². The molecule has 0 N–H and O–H groups in total. The van der Waals surface area contributed by atoms with Crippen molar-refractivity contribution in [2.45, 2.75) is 19.8 Å². The highest BCUT2D eigenvalue weighted by atomic mass is 16.5.